The van der Waals surface area contributed by atoms with Crippen LogP contribution in [0.15, 0.2) is 11.6 Å². The first-order valence-corrected chi connectivity index (χ1v) is 4.00. The van der Waals surface area contributed by atoms with Gasteiger partial charge in [-0.2, -0.15) is 0 Å². The number of aliphatic hydroxyl groups is 1. The maximum atomic E-state index is 8.92. The Kier molecular flexibility index (Phi) is 2.50. The van der Waals surface area contributed by atoms with Crippen LogP contribution in [0.4, 0.5) is 0 Å². The molecule has 0 aromatic carbocycles. The fraction of sp³-hybridized carbons (Fsp3) is 0.778. The van der Waals surface area contributed by atoms with E-state index in [1.807, 2.05) is 0 Å². The van der Waals surface area contributed by atoms with Gasteiger partial charge >= 0.3 is 0 Å². The molecule has 1 N–H and O–H groups in total. The van der Waals surface area contributed by atoms with E-state index >= 15 is 0 Å². The SMILES string of the molecule is CC1=CCC(CO)C(C)C1. The topological polar surface area (TPSA) is 20.2 Å². The summed E-state index contributed by atoms with van der Waals surface area (Å²) in [5.41, 5.74) is 1.48. The second-order valence-corrected chi connectivity index (χ2v) is 3.41. The molecule has 0 spiro atoms. The third-order valence-corrected chi connectivity index (χ3v) is 2.45. The summed E-state index contributed by atoms with van der Waals surface area (Å²) in [5.74, 6) is 1.19. The molecule has 1 aliphatic rings. The lowest BCUT2D eigenvalue weighted by Gasteiger charge is -2.25. The molecule has 1 aliphatic carbocycles. The van der Waals surface area contributed by atoms with Crippen LogP contribution in [-0.4, -0.2) is 11.7 Å². The van der Waals surface area contributed by atoms with Gasteiger partial charge in [0.05, 0.1) is 0 Å². The lowest BCUT2D eigenvalue weighted by atomic mass is 9.82. The fourth-order valence-corrected chi connectivity index (χ4v) is 1.60. The van der Waals surface area contributed by atoms with Crippen molar-refractivity contribution in [2.24, 2.45) is 11.8 Å². The van der Waals surface area contributed by atoms with Crippen molar-refractivity contribution in [2.75, 3.05) is 6.61 Å². The van der Waals surface area contributed by atoms with Crippen molar-refractivity contribution >= 4 is 0 Å². The Bertz CT molecular complexity index is 138. The van der Waals surface area contributed by atoms with Crippen molar-refractivity contribution in [2.45, 2.75) is 26.7 Å². The Morgan fingerprint density at radius 3 is 2.90 bits per heavy atom. The molecule has 0 heterocycles. The molecular formula is C9H16O. The number of hydrogen-bond acceptors (Lipinski definition) is 1. The molecule has 1 rings (SSSR count). The summed E-state index contributed by atoms with van der Waals surface area (Å²) < 4.78 is 0. The van der Waals surface area contributed by atoms with E-state index in [2.05, 4.69) is 19.9 Å². The zero-order valence-corrected chi connectivity index (χ0v) is 6.80. The second-order valence-electron chi connectivity index (χ2n) is 3.41. The van der Waals surface area contributed by atoms with E-state index in [9.17, 15) is 0 Å². The van der Waals surface area contributed by atoms with E-state index in [0.29, 0.717) is 18.4 Å². The fourth-order valence-electron chi connectivity index (χ4n) is 1.60. The largest absolute Gasteiger partial charge is 0.396 e. The third-order valence-electron chi connectivity index (χ3n) is 2.45. The van der Waals surface area contributed by atoms with E-state index in [1.54, 1.807) is 0 Å². The molecule has 0 saturated heterocycles. The molecule has 0 saturated carbocycles. The van der Waals surface area contributed by atoms with Gasteiger partial charge < -0.3 is 5.11 Å². The molecule has 0 radical (unpaired) electrons. The highest BCUT2D eigenvalue weighted by Gasteiger charge is 2.19. The Hall–Kier alpha value is -0.300. The summed E-state index contributed by atoms with van der Waals surface area (Å²) in [6, 6.07) is 0. The van der Waals surface area contributed by atoms with Crippen LogP contribution in [0.1, 0.15) is 26.7 Å². The lowest BCUT2D eigenvalue weighted by Crippen LogP contribution is -2.18. The van der Waals surface area contributed by atoms with Crippen LogP contribution in [0.3, 0.4) is 0 Å². The van der Waals surface area contributed by atoms with Crippen molar-refractivity contribution in [3.63, 3.8) is 0 Å². The molecule has 0 bridgehead atoms. The average molecular weight is 140 g/mol. The monoisotopic (exact) mass is 140 g/mol. The minimum Gasteiger partial charge on any atom is -0.396 e. The number of rotatable bonds is 1. The summed E-state index contributed by atoms with van der Waals surface area (Å²) in [4.78, 5) is 0. The van der Waals surface area contributed by atoms with Crippen LogP contribution in [0.2, 0.25) is 0 Å². The standard InChI is InChI=1S/C9H16O/c1-7-3-4-9(6-10)8(2)5-7/h3,8-10H,4-6H2,1-2H3. The van der Waals surface area contributed by atoms with Gasteiger partial charge in [0.2, 0.25) is 0 Å². The molecular weight excluding hydrogens is 124 g/mol. The lowest BCUT2D eigenvalue weighted by molar-refractivity contribution is 0.177. The quantitative estimate of drug-likeness (QED) is 0.552. The smallest absolute Gasteiger partial charge is 0.0464 e. The molecule has 10 heavy (non-hydrogen) atoms. The Morgan fingerprint density at radius 1 is 1.70 bits per heavy atom. The van der Waals surface area contributed by atoms with Gasteiger partial charge in [0.25, 0.3) is 0 Å². The molecule has 1 heteroatoms. The van der Waals surface area contributed by atoms with Gasteiger partial charge in [-0.05, 0) is 31.6 Å². The Balaban J connectivity index is 2.52. The summed E-state index contributed by atoms with van der Waals surface area (Å²) in [6.07, 6.45) is 4.50. The van der Waals surface area contributed by atoms with Crippen LogP contribution in [-0.2, 0) is 0 Å². The molecule has 0 aromatic rings. The van der Waals surface area contributed by atoms with Gasteiger partial charge in [-0.3, -0.25) is 0 Å². The maximum Gasteiger partial charge on any atom is 0.0464 e. The molecule has 0 fully saturated rings. The first-order chi connectivity index (χ1) is 4.74. The van der Waals surface area contributed by atoms with Gasteiger partial charge in [0, 0.05) is 6.61 Å². The maximum absolute atomic E-state index is 8.92. The highest BCUT2D eigenvalue weighted by atomic mass is 16.3. The van der Waals surface area contributed by atoms with Crippen LogP contribution in [0.25, 0.3) is 0 Å². The van der Waals surface area contributed by atoms with Gasteiger partial charge in [-0.1, -0.05) is 18.6 Å². The summed E-state index contributed by atoms with van der Waals surface area (Å²) in [6.45, 7) is 4.74. The minimum atomic E-state index is 0.352. The van der Waals surface area contributed by atoms with Crippen molar-refractivity contribution in [3.05, 3.63) is 11.6 Å². The van der Waals surface area contributed by atoms with Crippen LogP contribution < -0.4 is 0 Å². The third kappa shape index (κ3) is 1.60. The van der Waals surface area contributed by atoms with Gasteiger partial charge in [-0.25, -0.2) is 0 Å². The minimum absolute atomic E-state index is 0.352. The number of aliphatic hydroxyl groups excluding tert-OH is 1. The van der Waals surface area contributed by atoms with Crippen molar-refractivity contribution in [1.29, 1.82) is 0 Å². The van der Waals surface area contributed by atoms with Gasteiger partial charge in [0.15, 0.2) is 0 Å². The van der Waals surface area contributed by atoms with E-state index in [-0.39, 0.29) is 0 Å². The van der Waals surface area contributed by atoms with E-state index < -0.39 is 0 Å². The molecule has 0 aliphatic heterocycles. The van der Waals surface area contributed by atoms with E-state index in [1.165, 1.54) is 12.0 Å². The summed E-state index contributed by atoms with van der Waals surface area (Å²) >= 11 is 0. The predicted octanol–water partition coefficient (Wildman–Crippen LogP) is 1.97. The first kappa shape index (κ1) is 7.80. The summed E-state index contributed by atoms with van der Waals surface area (Å²) in [7, 11) is 0. The molecule has 2 atom stereocenters. The molecule has 0 aromatic heterocycles. The molecule has 2 unspecified atom stereocenters. The average Bonchev–Trinajstić information content (AvgIpc) is 1.88. The van der Waals surface area contributed by atoms with Gasteiger partial charge in [0.1, 0.15) is 0 Å². The summed E-state index contributed by atoms with van der Waals surface area (Å²) in [5, 5.41) is 8.92. The Labute approximate surface area is 62.8 Å². The number of hydrogen-bond donors (Lipinski definition) is 1. The normalized spacial score (nSPS) is 33.7. The second kappa shape index (κ2) is 3.20. The van der Waals surface area contributed by atoms with E-state index in [0.717, 1.165) is 6.42 Å². The Morgan fingerprint density at radius 2 is 2.40 bits per heavy atom. The predicted molar refractivity (Wildman–Crippen MR) is 42.7 cm³/mol. The highest BCUT2D eigenvalue weighted by Crippen LogP contribution is 2.28. The van der Waals surface area contributed by atoms with Crippen LogP contribution in [0.5, 0.6) is 0 Å². The van der Waals surface area contributed by atoms with Crippen molar-refractivity contribution in [3.8, 4) is 0 Å². The van der Waals surface area contributed by atoms with Gasteiger partial charge in [-0.15, -0.1) is 0 Å². The zero-order valence-electron chi connectivity index (χ0n) is 6.80. The van der Waals surface area contributed by atoms with Crippen LogP contribution in [0, 0.1) is 11.8 Å². The van der Waals surface area contributed by atoms with Crippen molar-refractivity contribution in [1.82, 2.24) is 0 Å². The first-order valence-electron chi connectivity index (χ1n) is 4.00. The highest BCUT2D eigenvalue weighted by molar-refractivity contribution is 5.04. The van der Waals surface area contributed by atoms with Crippen LogP contribution >= 0.6 is 0 Å². The zero-order chi connectivity index (χ0) is 7.56. The van der Waals surface area contributed by atoms with Crippen molar-refractivity contribution < 1.29 is 5.11 Å². The van der Waals surface area contributed by atoms with E-state index in [4.69, 9.17) is 5.11 Å². The molecule has 1 nitrogen and oxygen atoms in total. The molecule has 0 amide bonds. The molecule has 58 valence electrons. The number of allylic oxidation sites excluding steroid dienone is 2.